The maximum Gasteiger partial charge on any atom is 0.245 e. The summed E-state index contributed by atoms with van der Waals surface area (Å²) >= 11 is 0. The van der Waals surface area contributed by atoms with Crippen LogP contribution in [0.4, 0.5) is 0 Å². The molecule has 1 saturated heterocycles. The first kappa shape index (κ1) is 11.5. The second-order valence-electron chi connectivity index (χ2n) is 4.39. The van der Waals surface area contributed by atoms with E-state index in [0.29, 0.717) is 17.8 Å². The molecular weight excluding hydrogens is 206 g/mol. The molecule has 0 amide bonds. The zero-order chi connectivity index (χ0) is 11.4. The molecule has 90 valence electrons. The van der Waals surface area contributed by atoms with Crippen LogP contribution in [0.5, 0.6) is 0 Å². The van der Waals surface area contributed by atoms with Crippen LogP contribution in [0.2, 0.25) is 0 Å². The van der Waals surface area contributed by atoms with Crippen LogP contribution in [-0.2, 0) is 11.2 Å². The predicted octanol–water partition coefficient (Wildman–Crippen LogP) is 1.46. The molecule has 5 heteroatoms. The van der Waals surface area contributed by atoms with E-state index in [-0.39, 0.29) is 6.10 Å². The summed E-state index contributed by atoms with van der Waals surface area (Å²) in [4.78, 5) is 0. The van der Waals surface area contributed by atoms with Crippen molar-refractivity contribution in [2.45, 2.75) is 45.3 Å². The number of hydrogen-bond donors (Lipinski definition) is 1. The van der Waals surface area contributed by atoms with E-state index in [9.17, 15) is 0 Å². The topological polar surface area (TPSA) is 60.2 Å². The third-order valence-electron chi connectivity index (χ3n) is 2.58. The maximum atomic E-state index is 5.56. The monoisotopic (exact) mass is 225 g/mol. The van der Waals surface area contributed by atoms with Crippen molar-refractivity contribution in [2.24, 2.45) is 0 Å². The van der Waals surface area contributed by atoms with Gasteiger partial charge in [-0.25, -0.2) is 0 Å². The molecule has 1 aromatic rings. The van der Waals surface area contributed by atoms with Gasteiger partial charge in [0.25, 0.3) is 0 Å². The minimum Gasteiger partial charge on any atom is -0.422 e. The number of aromatic nitrogens is 2. The van der Waals surface area contributed by atoms with E-state index in [4.69, 9.17) is 9.15 Å². The molecule has 5 nitrogen and oxygen atoms in total. The molecular formula is C11H19N3O2. The predicted molar refractivity (Wildman–Crippen MR) is 59.1 cm³/mol. The lowest BCUT2D eigenvalue weighted by atomic mass is 10.2. The highest BCUT2D eigenvalue weighted by Gasteiger charge is 2.23. The van der Waals surface area contributed by atoms with Crippen molar-refractivity contribution in [3.63, 3.8) is 0 Å². The maximum absolute atomic E-state index is 5.56. The SMILES string of the molecule is CC(C)NCCc1nnc(C2CCCO2)o1. The summed E-state index contributed by atoms with van der Waals surface area (Å²) in [6.07, 6.45) is 2.88. The highest BCUT2D eigenvalue weighted by atomic mass is 16.5. The molecule has 0 aliphatic carbocycles. The summed E-state index contributed by atoms with van der Waals surface area (Å²) < 4.78 is 11.0. The molecule has 1 aliphatic rings. The van der Waals surface area contributed by atoms with Crippen LogP contribution < -0.4 is 5.32 Å². The minimum atomic E-state index is 0.0271. The van der Waals surface area contributed by atoms with E-state index in [0.717, 1.165) is 32.4 Å². The Hall–Kier alpha value is -0.940. The summed E-state index contributed by atoms with van der Waals surface area (Å²) in [5.74, 6) is 1.33. The Labute approximate surface area is 95.6 Å². The molecule has 1 unspecified atom stereocenters. The normalized spacial score (nSPS) is 20.8. The average molecular weight is 225 g/mol. The Bertz CT molecular complexity index is 319. The average Bonchev–Trinajstić information content (AvgIpc) is 2.85. The first-order chi connectivity index (χ1) is 7.75. The molecule has 1 atom stereocenters. The van der Waals surface area contributed by atoms with Gasteiger partial charge in [0.2, 0.25) is 11.8 Å². The van der Waals surface area contributed by atoms with Gasteiger partial charge in [0.05, 0.1) is 0 Å². The first-order valence-electron chi connectivity index (χ1n) is 5.93. The molecule has 1 N–H and O–H groups in total. The lowest BCUT2D eigenvalue weighted by Gasteiger charge is -2.05. The van der Waals surface area contributed by atoms with Gasteiger partial charge in [-0.05, 0) is 12.8 Å². The van der Waals surface area contributed by atoms with Crippen LogP contribution in [0.3, 0.4) is 0 Å². The van der Waals surface area contributed by atoms with E-state index in [2.05, 4.69) is 29.4 Å². The van der Waals surface area contributed by atoms with Gasteiger partial charge in [-0.15, -0.1) is 10.2 Å². The van der Waals surface area contributed by atoms with Crippen molar-refractivity contribution >= 4 is 0 Å². The molecule has 16 heavy (non-hydrogen) atoms. The van der Waals surface area contributed by atoms with E-state index in [1.165, 1.54) is 0 Å². The second-order valence-corrected chi connectivity index (χ2v) is 4.39. The third kappa shape index (κ3) is 3.02. The van der Waals surface area contributed by atoms with Gasteiger partial charge >= 0.3 is 0 Å². The molecule has 0 aromatic carbocycles. The zero-order valence-corrected chi connectivity index (χ0v) is 9.90. The summed E-state index contributed by atoms with van der Waals surface area (Å²) in [6, 6.07) is 0.487. The van der Waals surface area contributed by atoms with Gasteiger partial charge in [0.15, 0.2) is 0 Å². The molecule has 0 radical (unpaired) electrons. The summed E-state index contributed by atoms with van der Waals surface area (Å²) in [5.41, 5.74) is 0. The third-order valence-corrected chi connectivity index (χ3v) is 2.58. The summed E-state index contributed by atoms with van der Waals surface area (Å²) in [7, 11) is 0. The van der Waals surface area contributed by atoms with Crippen LogP contribution in [0.1, 0.15) is 44.6 Å². The smallest absolute Gasteiger partial charge is 0.245 e. The Morgan fingerprint density at radius 2 is 2.31 bits per heavy atom. The van der Waals surface area contributed by atoms with Crippen molar-refractivity contribution in [3.8, 4) is 0 Å². The molecule has 1 aromatic heterocycles. The minimum absolute atomic E-state index is 0.0271. The Kier molecular flexibility index (Phi) is 3.90. The summed E-state index contributed by atoms with van der Waals surface area (Å²) in [6.45, 7) is 5.90. The Morgan fingerprint density at radius 3 is 3.00 bits per heavy atom. The van der Waals surface area contributed by atoms with Gasteiger partial charge in [0.1, 0.15) is 6.10 Å². The van der Waals surface area contributed by atoms with Gasteiger partial charge in [-0.1, -0.05) is 13.8 Å². The van der Waals surface area contributed by atoms with Crippen LogP contribution in [0, 0.1) is 0 Å². The number of nitrogens with one attached hydrogen (secondary N) is 1. The highest BCUT2D eigenvalue weighted by Crippen LogP contribution is 2.27. The molecule has 1 fully saturated rings. The highest BCUT2D eigenvalue weighted by molar-refractivity contribution is 4.89. The van der Waals surface area contributed by atoms with Crippen molar-refractivity contribution in [1.29, 1.82) is 0 Å². The largest absolute Gasteiger partial charge is 0.422 e. The van der Waals surface area contributed by atoms with E-state index in [1.807, 2.05) is 0 Å². The van der Waals surface area contributed by atoms with Gasteiger partial charge in [-0.2, -0.15) is 0 Å². The molecule has 0 bridgehead atoms. The van der Waals surface area contributed by atoms with Crippen molar-refractivity contribution in [3.05, 3.63) is 11.8 Å². The quantitative estimate of drug-likeness (QED) is 0.822. The second kappa shape index (κ2) is 5.41. The van der Waals surface area contributed by atoms with Crippen LogP contribution >= 0.6 is 0 Å². The molecule has 1 aliphatic heterocycles. The number of hydrogen-bond acceptors (Lipinski definition) is 5. The lowest BCUT2D eigenvalue weighted by molar-refractivity contribution is 0.0881. The molecule has 2 heterocycles. The van der Waals surface area contributed by atoms with Crippen LogP contribution in [0.25, 0.3) is 0 Å². The zero-order valence-electron chi connectivity index (χ0n) is 9.90. The molecule has 2 rings (SSSR count). The van der Waals surface area contributed by atoms with Gasteiger partial charge in [-0.3, -0.25) is 0 Å². The van der Waals surface area contributed by atoms with Crippen LogP contribution in [0.15, 0.2) is 4.42 Å². The lowest BCUT2D eigenvalue weighted by Crippen LogP contribution is -2.25. The van der Waals surface area contributed by atoms with E-state index in [1.54, 1.807) is 0 Å². The van der Waals surface area contributed by atoms with E-state index < -0.39 is 0 Å². The number of ether oxygens (including phenoxy) is 1. The fourth-order valence-corrected chi connectivity index (χ4v) is 1.74. The summed E-state index contributed by atoms with van der Waals surface area (Å²) in [5, 5.41) is 11.4. The van der Waals surface area contributed by atoms with Crippen molar-refractivity contribution in [1.82, 2.24) is 15.5 Å². The molecule has 0 saturated carbocycles. The fourth-order valence-electron chi connectivity index (χ4n) is 1.74. The fraction of sp³-hybridized carbons (Fsp3) is 0.818. The molecule has 0 spiro atoms. The standard InChI is InChI=1S/C11H19N3O2/c1-8(2)12-6-5-10-13-14-11(16-10)9-4-3-7-15-9/h8-9,12H,3-7H2,1-2H3. The number of nitrogens with zero attached hydrogens (tertiary/aromatic N) is 2. The Morgan fingerprint density at radius 1 is 1.44 bits per heavy atom. The Balaban J connectivity index is 1.82. The first-order valence-corrected chi connectivity index (χ1v) is 5.93. The van der Waals surface area contributed by atoms with Crippen molar-refractivity contribution in [2.75, 3.05) is 13.2 Å². The van der Waals surface area contributed by atoms with Gasteiger partial charge in [0, 0.05) is 25.6 Å². The number of rotatable bonds is 5. The van der Waals surface area contributed by atoms with Gasteiger partial charge < -0.3 is 14.5 Å². The van der Waals surface area contributed by atoms with Crippen molar-refractivity contribution < 1.29 is 9.15 Å². The van der Waals surface area contributed by atoms with E-state index >= 15 is 0 Å². The van der Waals surface area contributed by atoms with Crippen LogP contribution in [-0.4, -0.2) is 29.4 Å².